The Labute approximate surface area is 110 Å². The van der Waals surface area contributed by atoms with Crippen LogP contribution in [0, 0.1) is 5.82 Å². The smallest absolute Gasteiger partial charge is 0.134 e. The molecule has 2 rings (SSSR count). The zero-order valence-corrected chi connectivity index (χ0v) is 10.7. The average Bonchev–Trinajstić information content (AvgIpc) is 2.37. The first-order valence-electron chi connectivity index (χ1n) is 5.69. The molecule has 0 saturated carbocycles. The Morgan fingerprint density at radius 2 is 2.06 bits per heavy atom. The first-order chi connectivity index (χ1) is 8.69. The van der Waals surface area contributed by atoms with Crippen LogP contribution >= 0.6 is 11.6 Å². The highest BCUT2D eigenvalue weighted by atomic mass is 35.5. The van der Waals surface area contributed by atoms with Crippen LogP contribution in [0.1, 0.15) is 18.3 Å². The van der Waals surface area contributed by atoms with Crippen LogP contribution in [0.5, 0.6) is 0 Å². The molecule has 0 aliphatic heterocycles. The van der Waals surface area contributed by atoms with Crippen molar-refractivity contribution in [3.63, 3.8) is 0 Å². The van der Waals surface area contributed by atoms with Gasteiger partial charge in [-0.3, -0.25) is 0 Å². The van der Waals surface area contributed by atoms with Gasteiger partial charge in [0.15, 0.2) is 0 Å². The van der Waals surface area contributed by atoms with E-state index < -0.39 is 0 Å². The number of hydrogen-bond acceptors (Lipinski definition) is 3. The van der Waals surface area contributed by atoms with Gasteiger partial charge in [0.2, 0.25) is 0 Å². The molecule has 0 saturated heterocycles. The van der Waals surface area contributed by atoms with Gasteiger partial charge < -0.3 is 5.32 Å². The lowest BCUT2D eigenvalue weighted by Gasteiger charge is -2.08. The van der Waals surface area contributed by atoms with Gasteiger partial charge in [-0.05, 0) is 6.07 Å². The van der Waals surface area contributed by atoms with Gasteiger partial charge in [-0.25, -0.2) is 14.4 Å². The van der Waals surface area contributed by atoms with E-state index >= 15 is 0 Å². The van der Waals surface area contributed by atoms with Gasteiger partial charge >= 0.3 is 0 Å². The highest BCUT2D eigenvalue weighted by molar-refractivity contribution is 6.29. The number of halogens is 2. The number of nitrogens with zero attached hydrogens (tertiary/aromatic N) is 2. The number of hydrogen-bond donors (Lipinski definition) is 1. The summed E-state index contributed by atoms with van der Waals surface area (Å²) in [6, 6.07) is 8.25. The van der Waals surface area contributed by atoms with E-state index in [0.29, 0.717) is 35.3 Å². The normalized spacial score (nSPS) is 10.4. The SMILES string of the molecule is CCc1nc(Cl)cc(NCc2ccccc2F)n1. The maximum Gasteiger partial charge on any atom is 0.134 e. The minimum atomic E-state index is -0.235. The van der Waals surface area contributed by atoms with E-state index in [2.05, 4.69) is 15.3 Å². The second kappa shape index (κ2) is 5.78. The summed E-state index contributed by atoms with van der Waals surface area (Å²) in [7, 11) is 0. The summed E-state index contributed by atoms with van der Waals surface area (Å²) in [4.78, 5) is 8.33. The molecule has 0 radical (unpaired) electrons. The lowest BCUT2D eigenvalue weighted by atomic mass is 10.2. The first kappa shape index (κ1) is 12.8. The summed E-state index contributed by atoms with van der Waals surface area (Å²) in [6.45, 7) is 2.31. The van der Waals surface area contributed by atoms with Crippen LogP contribution in [0.2, 0.25) is 5.15 Å². The standard InChI is InChI=1S/C13H13ClFN3/c1-2-12-17-11(14)7-13(18-12)16-8-9-5-3-4-6-10(9)15/h3-7H,2,8H2,1H3,(H,16,17,18). The van der Waals surface area contributed by atoms with Crippen molar-refractivity contribution in [2.75, 3.05) is 5.32 Å². The monoisotopic (exact) mass is 265 g/mol. The molecular formula is C13H13ClFN3. The molecule has 2 aromatic rings. The number of rotatable bonds is 4. The Bertz CT molecular complexity index is 546. The molecule has 0 aliphatic carbocycles. The largest absolute Gasteiger partial charge is 0.366 e. The Morgan fingerprint density at radius 3 is 2.78 bits per heavy atom. The van der Waals surface area contributed by atoms with Crippen molar-refractivity contribution in [2.45, 2.75) is 19.9 Å². The predicted molar refractivity (Wildman–Crippen MR) is 70.1 cm³/mol. The molecule has 0 unspecified atom stereocenters. The molecule has 0 bridgehead atoms. The zero-order chi connectivity index (χ0) is 13.0. The van der Waals surface area contributed by atoms with Crippen LogP contribution in [0.15, 0.2) is 30.3 Å². The van der Waals surface area contributed by atoms with E-state index in [1.165, 1.54) is 6.07 Å². The van der Waals surface area contributed by atoms with Crippen molar-refractivity contribution < 1.29 is 4.39 Å². The van der Waals surface area contributed by atoms with E-state index in [9.17, 15) is 4.39 Å². The maximum atomic E-state index is 13.4. The Kier molecular flexibility index (Phi) is 4.10. The van der Waals surface area contributed by atoms with Crippen molar-refractivity contribution in [2.24, 2.45) is 0 Å². The maximum absolute atomic E-state index is 13.4. The number of nitrogens with one attached hydrogen (secondary N) is 1. The Hall–Kier alpha value is -1.68. The van der Waals surface area contributed by atoms with Crippen molar-refractivity contribution in [3.8, 4) is 0 Å². The number of aromatic nitrogens is 2. The second-order valence-electron chi connectivity index (χ2n) is 3.79. The van der Waals surface area contributed by atoms with Crippen molar-refractivity contribution in [1.29, 1.82) is 0 Å². The molecule has 94 valence electrons. The fraction of sp³-hybridized carbons (Fsp3) is 0.231. The molecule has 0 spiro atoms. The highest BCUT2D eigenvalue weighted by Gasteiger charge is 2.04. The number of aryl methyl sites for hydroxylation is 1. The molecular weight excluding hydrogens is 253 g/mol. The Morgan fingerprint density at radius 1 is 1.28 bits per heavy atom. The molecule has 1 N–H and O–H groups in total. The van der Waals surface area contributed by atoms with Gasteiger partial charge in [-0.2, -0.15) is 0 Å². The lowest BCUT2D eigenvalue weighted by molar-refractivity contribution is 0.613. The third kappa shape index (κ3) is 3.17. The van der Waals surface area contributed by atoms with Crippen molar-refractivity contribution in [1.82, 2.24) is 9.97 Å². The van der Waals surface area contributed by atoms with E-state index in [1.807, 2.05) is 6.92 Å². The topological polar surface area (TPSA) is 37.8 Å². The quantitative estimate of drug-likeness (QED) is 0.861. The third-order valence-corrected chi connectivity index (χ3v) is 2.67. The van der Waals surface area contributed by atoms with Gasteiger partial charge in [-0.1, -0.05) is 36.7 Å². The van der Waals surface area contributed by atoms with Gasteiger partial charge in [-0.15, -0.1) is 0 Å². The summed E-state index contributed by atoms with van der Waals surface area (Å²) in [5.41, 5.74) is 0.588. The molecule has 1 aromatic carbocycles. The van der Waals surface area contributed by atoms with Crippen LogP contribution in [0.25, 0.3) is 0 Å². The van der Waals surface area contributed by atoms with Gasteiger partial charge in [0, 0.05) is 24.6 Å². The van der Waals surface area contributed by atoms with Crippen molar-refractivity contribution >= 4 is 17.4 Å². The minimum Gasteiger partial charge on any atom is -0.366 e. The summed E-state index contributed by atoms with van der Waals surface area (Å²) in [5, 5.41) is 3.43. The molecule has 0 amide bonds. The van der Waals surface area contributed by atoms with E-state index in [-0.39, 0.29) is 5.82 Å². The van der Waals surface area contributed by atoms with Crippen LogP contribution in [0.4, 0.5) is 10.2 Å². The van der Waals surface area contributed by atoms with Gasteiger partial charge in [0.1, 0.15) is 22.6 Å². The van der Waals surface area contributed by atoms with Crippen LogP contribution in [0.3, 0.4) is 0 Å². The summed E-state index contributed by atoms with van der Waals surface area (Å²) in [5.74, 6) is 1.04. The molecule has 0 fully saturated rings. The molecule has 0 aliphatic rings. The molecule has 3 nitrogen and oxygen atoms in total. The minimum absolute atomic E-state index is 0.235. The molecule has 1 aromatic heterocycles. The summed E-state index contributed by atoms with van der Waals surface area (Å²) < 4.78 is 13.4. The molecule has 18 heavy (non-hydrogen) atoms. The molecule has 0 atom stereocenters. The molecule has 5 heteroatoms. The predicted octanol–water partition coefficient (Wildman–Crippen LogP) is 3.44. The van der Waals surface area contributed by atoms with Crippen LogP contribution in [-0.4, -0.2) is 9.97 Å². The number of benzene rings is 1. The lowest BCUT2D eigenvalue weighted by Crippen LogP contribution is -2.05. The van der Waals surface area contributed by atoms with Crippen LogP contribution in [-0.2, 0) is 13.0 Å². The number of anilines is 1. The second-order valence-corrected chi connectivity index (χ2v) is 4.18. The zero-order valence-electron chi connectivity index (χ0n) is 9.95. The summed E-state index contributed by atoms with van der Waals surface area (Å²) in [6.07, 6.45) is 0.703. The summed E-state index contributed by atoms with van der Waals surface area (Å²) >= 11 is 5.88. The van der Waals surface area contributed by atoms with Crippen molar-refractivity contribution in [3.05, 3.63) is 52.7 Å². The highest BCUT2D eigenvalue weighted by Crippen LogP contribution is 2.14. The fourth-order valence-corrected chi connectivity index (χ4v) is 1.74. The average molecular weight is 266 g/mol. The van der Waals surface area contributed by atoms with E-state index in [1.54, 1.807) is 24.3 Å². The Balaban J connectivity index is 2.11. The van der Waals surface area contributed by atoms with E-state index in [4.69, 9.17) is 11.6 Å². The van der Waals surface area contributed by atoms with Gasteiger partial charge in [0.25, 0.3) is 0 Å². The van der Waals surface area contributed by atoms with Crippen LogP contribution < -0.4 is 5.32 Å². The first-order valence-corrected chi connectivity index (χ1v) is 6.07. The van der Waals surface area contributed by atoms with Gasteiger partial charge in [0.05, 0.1) is 0 Å². The molecule has 1 heterocycles. The third-order valence-electron chi connectivity index (χ3n) is 2.48. The fourth-order valence-electron chi connectivity index (χ4n) is 1.54. The van der Waals surface area contributed by atoms with E-state index in [0.717, 1.165) is 0 Å².